The number of hydrogen-bond acceptors (Lipinski definition) is 7. The molecule has 0 saturated heterocycles. The van der Waals surface area contributed by atoms with E-state index in [9.17, 15) is 4.79 Å². The summed E-state index contributed by atoms with van der Waals surface area (Å²) in [5.74, 6) is 1.46. The number of carbonyl (C=O) groups excluding carboxylic acids is 1. The number of nitrogens with zero attached hydrogens (tertiary/aromatic N) is 2. The number of benzene rings is 1. The van der Waals surface area contributed by atoms with Gasteiger partial charge in [0.25, 0.3) is 0 Å². The highest BCUT2D eigenvalue weighted by molar-refractivity contribution is 7.13. The Balaban J connectivity index is 1.37. The van der Waals surface area contributed by atoms with Crippen molar-refractivity contribution in [2.45, 2.75) is 18.9 Å². The summed E-state index contributed by atoms with van der Waals surface area (Å²) < 4.78 is 10.7. The predicted octanol–water partition coefficient (Wildman–Crippen LogP) is 5.67. The molecule has 0 fully saturated rings. The SMILES string of the molecule is COc1ccc(-c2nc(CC(=O)N3CCc4sccc4C3c3cccs3)cs2)cc1OC. The molecule has 8 heteroatoms. The van der Waals surface area contributed by atoms with E-state index in [1.165, 1.54) is 26.7 Å². The van der Waals surface area contributed by atoms with Gasteiger partial charge in [0, 0.05) is 27.2 Å². The van der Waals surface area contributed by atoms with Gasteiger partial charge in [-0.1, -0.05) is 6.07 Å². The van der Waals surface area contributed by atoms with Crippen LogP contribution in [0.1, 0.15) is 27.1 Å². The number of thiophene rings is 2. The molecule has 1 atom stereocenters. The van der Waals surface area contributed by atoms with Gasteiger partial charge < -0.3 is 14.4 Å². The molecule has 0 radical (unpaired) electrons. The second-order valence-corrected chi connectivity index (χ2v) is 10.3. The third kappa shape index (κ3) is 3.94. The monoisotopic (exact) mass is 482 g/mol. The van der Waals surface area contributed by atoms with Crippen LogP contribution in [-0.4, -0.2) is 36.6 Å². The molecule has 0 spiro atoms. The van der Waals surface area contributed by atoms with Crippen molar-refractivity contribution in [3.05, 3.63) is 73.6 Å². The minimum atomic E-state index is 0.00135. The Morgan fingerprint density at radius 3 is 2.75 bits per heavy atom. The van der Waals surface area contributed by atoms with Crippen molar-refractivity contribution < 1.29 is 14.3 Å². The van der Waals surface area contributed by atoms with Crippen LogP contribution in [0.3, 0.4) is 0 Å². The molecule has 0 saturated carbocycles. The van der Waals surface area contributed by atoms with Crippen LogP contribution in [0, 0.1) is 0 Å². The Morgan fingerprint density at radius 1 is 1.09 bits per heavy atom. The highest BCUT2D eigenvalue weighted by Crippen LogP contribution is 2.40. The minimum absolute atomic E-state index is 0.00135. The van der Waals surface area contributed by atoms with Crippen molar-refractivity contribution in [3.8, 4) is 22.1 Å². The van der Waals surface area contributed by atoms with Gasteiger partial charge in [0.05, 0.1) is 32.4 Å². The maximum absolute atomic E-state index is 13.4. The van der Waals surface area contributed by atoms with Crippen LogP contribution in [0.15, 0.2) is 52.5 Å². The summed E-state index contributed by atoms with van der Waals surface area (Å²) in [4.78, 5) is 22.8. The molecule has 0 N–H and O–H groups in total. The zero-order valence-corrected chi connectivity index (χ0v) is 20.2. The molecule has 5 nitrogen and oxygen atoms in total. The number of rotatable bonds is 6. The van der Waals surface area contributed by atoms with Crippen LogP contribution >= 0.6 is 34.0 Å². The smallest absolute Gasteiger partial charge is 0.229 e. The molecule has 4 heterocycles. The number of methoxy groups -OCH3 is 2. The van der Waals surface area contributed by atoms with Gasteiger partial charge in [-0.25, -0.2) is 4.98 Å². The highest BCUT2D eigenvalue weighted by atomic mass is 32.1. The number of aromatic nitrogens is 1. The van der Waals surface area contributed by atoms with Crippen molar-refractivity contribution in [3.63, 3.8) is 0 Å². The fraction of sp³-hybridized carbons (Fsp3) is 0.250. The topological polar surface area (TPSA) is 51.7 Å². The summed E-state index contributed by atoms with van der Waals surface area (Å²) in [7, 11) is 3.24. The summed E-state index contributed by atoms with van der Waals surface area (Å²) in [6.45, 7) is 0.738. The molecule has 0 bridgehead atoms. The zero-order valence-electron chi connectivity index (χ0n) is 17.7. The molecule has 3 aromatic heterocycles. The van der Waals surface area contributed by atoms with Crippen molar-refractivity contribution >= 4 is 39.9 Å². The second-order valence-electron chi connectivity index (χ2n) is 7.44. The molecule has 4 aromatic rings. The Morgan fingerprint density at radius 2 is 1.97 bits per heavy atom. The number of thiazole rings is 1. The van der Waals surface area contributed by atoms with E-state index in [-0.39, 0.29) is 11.9 Å². The van der Waals surface area contributed by atoms with E-state index in [0.717, 1.165) is 29.2 Å². The van der Waals surface area contributed by atoms with Crippen LogP contribution in [0.4, 0.5) is 0 Å². The quantitative estimate of drug-likeness (QED) is 0.355. The van der Waals surface area contributed by atoms with Crippen molar-refractivity contribution in [1.29, 1.82) is 0 Å². The standard InChI is InChI=1S/C24H22N2O3S3/c1-28-18-6-5-15(12-19(18)29-2)24-25-16(14-32-24)13-22(27)26-9-7-20-17(8-11-31-20)23(26)21-4-3-10-30-21/h3-6,8,10-12,14,23H,7,9,13H2,1-2H3. The first-order chi connectivity index (χ1) is 15.7. The van der Waals surface area contributed by atoms with Gasteiger partial charge in [0.1, 0.15) is 5.01 Å². The van der Waals surface area contributed by atoms with Gasteiger partial charge in [-0.2, -0.15) is 0 Å². The lowest BCUT2D eigenvalue weighted by atomic mass is 9.98. The minimum Gasteiger partial charge on any atom is -0.493 e. The molecule has 1 aliphatic rings. The van der Waals surface area contributed by atoms with Crippen LogP contribution < -0.4 is 9.47 Å². The van der Waals surface area contributed by atoms with E-state index in [0.29, 0.717) is 17.9 Å². The molecule has 164 valence electrons. The van der Waals surface area contributed by atoms with Crippen molar-refractivity contribution in [2.24, 2.45) is 0 Å². The van der Waals surface area contributed by atoms with E-state index >= 15 is 0 Å². The molecule has 5 rings (SSSR count). The maximum atomic E-state index is 13.4. The predicted molar refractivity (Wildman–Crippen MR) is 130 cm³/mol. The van der Waals surface area contributed by atoms with Crippen molar-refractivity contribution in [1.82, 2.24) is 9.88 Å². The molecule has 1 aromatic carbocycles. The number of fused-ring (bicyclic) bond motifs is 1. The number of ether oxygens (including phenoxy) is 2. The molecular formula is C24H22N2O3S3. The molecule has 1 aliphatic heterocycles. The van der Waals surface area contributed by atoms with Crippen LogP contribution in [0.5, 0.6) is 11.5 Å². The van der Waals surface area contributed by atoms with E-state index in [1.54, 1.807) is 36.9 Å². The number of hydrogen-bond donors (Lipinski definition) is 0. The summed E-state index contributed by atoms with van der Waals surface area (Å²) in [5.41, 5.74) is 3.01. The number of carbonyl (C=O) groups is 1. The molecule has 32 heavy (non-hydrogen) atoms. The molecule has 0 aliphatic carbocycles. The Labute approximate surface area is 198 Å². The fourth-order valence-corrected chi connectivity index (χ4v) is 6.66. The van der Waals surface area contributed by atoms with E-state index in [1.807, 2.05) is 28.5 Å². The third-order valence-electron chi connectivity index (χ3n) is 5.61. The largest absolute Gasteiger partial charge is 0.493 e. The van der Waals surface area contributed by atoms with E-state index < -0.39 is 0 Å². The summed E-state index contributed by atoms with van der Waals surface area (Å²) in [6, 6.07) is 12.1. The first-order valence-electron chi connectivity index (χ1n) is 10.2. The highest BCUT2D eigenvalue weighted by Gasteiger charge is 2.33. The summed E-state index contributed by atoms with van der Waals surface area (Å²) in [6.07, 6.45) is 1.21. The molecule has 1 unspecified atom stereocenters. The van der Waals surface area contributed by atoms with Crippen LogP contribution in [0.2, 0.25) is 0 Å². The lowest BCUT2D eigenvalue weighted by Crippen LogP contribution is -2.40. The van der Waals surface area contributed by atoms with Crippen molar-refractivity contribution in [2.75, 3.05) is 20.8 Å². The second kappa shape index (κ2) is 9.05. The first kappa shape index (κ1) is 21.2. The lowest BCUT2D eigenvalue weighted by molar-refractivity contribution is -0.132. The molecular weight excluding hydrogens is 460 g/mol. The van der Waals surface area contributed by atoms with Gasteiger partial charge in [-0.3, -0.25) is 4.79 Å². The van der Waals surface area contributed by atoms with Gasteiger partial charge in [-0.05, 0) is 53.1 Å². The van der Waals surface area contributed by atoms with E-state index in [4.69, 9.17) is 14.5 Å². The Kier molecular flexibility index (Phi) is 5.99. The zero-order chi connectivity index (χ0) is 22.1. The first-order valence-corrected chi connectivity index (χ1v) is 12.9. The maximum Gasteiger partial charge on any atom is 0.229 e. The normalized spacial score (nSPS) is 15.4. The fourth-order valence-electron chi connectivity index (χ4n) is 4.09. The van der Waals surface area contributed by atoms with Crippen LogP contribution in [-0.2, 0) is 17.6 Å². The average Bonchev–Trinajstić information content (AvgIpc) is 3.59. The average molecular weight is 483 g/mol. The Bertz CT molecular complexity index is 1230. The summed E-state index contributed by atoms with van der Waals surface area (Å²) >= 11 is 5.03. The van der Waals surface area contributed by atoms with Crippen LogP contribution in [0.25, 0.3) is 10.6 Å². The third-order valence-corrected chi connectivity index (χ3v) is 8.47. The number of amides is 1. The lowest BCUT2D eigenvalue weighted by Gasteiger charge is -2.35. The van der Waals surface area contributed by atoms with Gasteiger partial charge in [-0.15, -0.1) is 34.0 Å². The molecule has 1 amide bonds. The van der Waals surface area contributed by atoms with Gasteiger partial charge in [0.2, 0.25) is 5.91 Å². The van der Waals surface area contributed by atoms with Gasteiger partial charge in [0.15, 0.2) is 11.5 Å². The Hall–Kier alpha value is -2.68. The van der Waals surface area contributed by atoms with Gasteiger partial charge >= 0.3 is 0 Å². The van der Waals surface area contributed by atoms with E-state index in [2.05, 4.69) is 29.0 Å². The summed E-state index contributed by atoms with van der Waals surface area (Å²) in [5, 5.41) is 7.05.